The minimum Gasteiger partial charge on any atom is -0.343 e. The number of amides is 1. The Morgan fingerprint density at radius 2 is 1.82 bits per heavy atom. The predicted octanol–water partition coefficient (Wildman–Crippen LogP) is 1.93. The fourth-order valence-corrected chi connectivity index (χ4v) is 1.86. The number of carbonyl (C=O) groups excluding carboxylic acids is 1. The number of hydrogen-bond donors (Lipinski definition) is 1. The first-order valence-corrected chi connectivity index (χ1v) is 6.04. The van der Waals surface area contributed by atoms with Crippen LogP contribution in [0.3, 0.4) is 0 Å². The normalized spacial score (nSPS) is 16.5. The Labute approximate surface area is 99.4 Å². The van der Waals surface area contributed by atoms with E-state index in [-0.39, 0.29) is 12.3 Å². The number of nitrogens with one attached hydrogen (secondary N) is 1. The highest BCUT2D eigenvalue weighted by molar-refractivity contribution is 5.76. The van der Waals surface area contributed by atoms with Gasteiger partial charge in [-0.15, -0.1) is 0 Å². The van der Waals surface area contributed by atoms with E-state index in [0.717, 1.165) is 25.9 Å². The maximum absolute atomic E-state index is 11.8. The van der Waals surface area contributed by atoms with Gasteiger partial charge in [-0.2, -0.15) is 13.2 Å². The fourth-order valence-electron chi connectivity index (χ4n) is 1.86. The Balaban J connectivity index is 1.95. The standard InChI is InChI=1S/C11H19F3N2O/c12-11(13,14)5-3-6-15-7-4-10(17)16-8-1-2-9-16/h15H,1-9H2. The van der Waals surface area contributed by atoms with Gasteiger partial charge in [0.15, 0.2) is 0 Å². The lowest BCUT2D eigenvalue weighted by Crippen LogP contribution is -2.31. The van der Waals surface area contributed by atoms with E-state index < -0.39 is 12.6 Å². The van der Waals surface area contributed by atoms with Crippen molar-refractivity contribution in [3.8, 4) is 0 Å². The van der Waals surface area contributed by atoms with E-state index in [9.17, 15) is 18.0 Å². The molecular weight excluding hydrogens is 233 g/mol. The van der Waals surface area contributed by atoms with Crippen LogP contribution in [0.25, 0.3) is 0 Å². The summed E-state index contributed by atoms with van der Waals surface area (Å²) in [5.41, 5.74) is 0. The summed E-state index contributed by atoms with van der Waals surface area (Å²) < 4.78 is 35.4. The molecule has 100 valence electrons. The third kappa shape index (κ3) is 6.51. The van der Waals surface area contributed by atoms with Gasteiger partial charge in [0, 0.05) is 32.5 Å². The smallest absolute Gasteiger partial charge is 0.343 e. The fraction of sp³-hybridized carbons (Fsp3) is 0.909. The third-order valence-corrected chi connectivity index (χ3v) is 2.79. The number of carbonyl (C=O) groups is 1. The van der Waals surface area contributed by atoms with Crippen LogP contribution in [0.2, 0.25) is 0 Å². The van der Waals surface area contributed by atoms with Gasteiger partial charge in [-0.1, -0.05) is 0 Å². The average Bonchev–Trinajstić information content (AvgIpc) is 2.74. The quantitative estimate of drug-likeness (QED) is 0.733. The highest BCUT2D eigenvalue weighted by Gasteiger charge is 2.25. The average molecular weight is 252 g/mol. The SMILES string of the molecule is O=C(CCNCCCC(F)(F)F)N1CCCC1. The summed E-state index contributed by atoms with van der Waals surface area (Å²) in [7, 11) is 0. The summed E-state index contributed by atoms with van der Waals surface area (Å²) in [6.45, 7) is 2.43. The highest BCUT2D eigenvalue weighted by Crippen LogP contribution is 2.20. The van der Waals surface area contributed by atoms with E-state index in [1.54, 1.807) is 0 Å². The molecule has 1 fully saturated rings. The molecular formula is C11H19F3N2O. The second-order valence-electron chi connectivity index (χ2n) is 4.31. The number of hydrogen-bond acceptors (Lipinski definition) is 2. The third-order valence-electron chi connectivity index (χ3n) is 2.79. The number of halogens is 3. The number of nitrogens with zero attached hydrogens (tertiary/aromatic N) is 1. The topological polar surface area (TPSA) is 32.3 Å². The highest BCUT2D eigenvalue weighted by atomic mass is 19.4. The molecule has 0 aromatic heterocycles. The van der Waals surface area contributed by atoms with Gasteiger partial charge in [-0.05, 0) is 25.8 Å². The van der Waals surface area contributed by atoms with Gasteiger partial charge in [0.2, 0.25) is 5.91 Å². The lowest BCUT2D eigenvalue weighted by atomic mass is 10.3. The summed E-state index contributed by atoms with van der Waals surface area (Å²) in [6.07, 6.45) is -2.27. The zero-order valence-electron chi connectivity index (χ0n) is 9.85. The van der Waals surface area contributed by atoms with Gasteiger partial charge in [-0.25, -0.2) is 0 Å². The molecule has 1 amide bonds. The van der Waals surface area contributed by atoms with Crippen molar-refractivity contribution in [3.05, 3.63) is 0 Å². The van der Waals surface area contributed by atoms with Crippen LogP contribution in [0, 0.1) is 0 Å². The van der Waals surface area contributed by atoms with Crippen molar-refractivity contribution in [3.63, 3.8) is 0 Å². The zero-order valence-corrected chi connectivity index (χ0v) is 9.85. The van der Waals surface area contributed by atoms with E-state index in [4.69, 9.17) is 0 Å². The van der Waals surface area contributed by atoms with Gasteiger partial charge in [-0.3, -0.25) is 4.79 Å². The molecule has 0 atom stereocenters. The van der Waals surface area contributed by atoms with Gasteiger partial charge in [0.05, 0.1) is 0 Å². The summed E-state index contributed by atoms with van der Waals surface area (Å²) in [4.78, 5) is 13.4. The van der Waals surface area contributed by atoms with E-state index in [1.807, 2.05) is 4.90 Å². The van der Waals surface area contributed by atoms with Crippen LogP contribution in [0.4, 0.5) is 13.2 Å². The summed E-state index contributed by atoms with van der Waals surface area (Å²) in [6, 6.07) is 0. The molecule has 6 heteroatoms. The predicted molar refractivity (Wildman–Crippen MR) is 58.6 cm³/mol. The lowest BCUT2D eigenvalue weighted by Gasteiger charge is -2.15. The molecule has 1 N–H and O–H groups in total. The van der Waals surface area contributed by atoms with Crippen molar-refractivity contribution in [1.82, 2.24) is 10.2 Å². The molecule has 0 radical (unpaired) electrons. The number of likely N-dealkylation sites (tertiary alicyclic amines) is 1. The first kappa shape index (κ1) is 14.3. The molecule has 0 aromatic carbocycles. The summed E-state index contributed by atoms with van der Waals surface area (Å²) in [5.74, 6) is 0.103. The van der Waals surface area contributed by atoms with Crippen LogP contribution in [-0.4, -0.2) is 43.2 Å². The molecule has 1 saturated heterocycles. The van der Waals surface area contributed by atoms with Crippen molar-refractivity contribution >= 4 is 5.91 Å². The van der Waals surface area contributed by atoms with Gasteiger partial charge in [0.1, 0.15) is 0 Å². The first-order valence-electron chi connectivity index (χ1n) is 6.04. The second kappa shape index (κ2) is 6.83. The monoisotopic (exact) mass is 252 g/mol. The maximum atomic E-state index is 11.8. The molecule has 0 unspecified atom stereocenters. The molecule has 3 nitrogen and oxygen atoms in total. The van der Waals surface area contributed by atoms with Crippen LogP contribution >= 0.6 is 0 Å². The van der Waals surface area contributed by atoms with E-state index >= 15 is 0 Å². The Kier molecular flexibility index (Phi) is 5.74. The van der Waals surface area contributed by atoms with Crippen LogP contribution in [-0.2, 0) is 4.79 Å². The maximum Gasteiger partial charge on any atom is 0.389 e. The van der Waals surface area contributed by atoms with Gasteiger partial charge in [0.25, 0.3) is 0 Å². The van der Waals surface area contributed by atoms with E-state index in [1.165, 1.54) is 0 Å². The van der Waals surface area contributed by atoms with Crippen LogP contribution in [0.5, 0.6) is 0 Å². The van der Waals surface area contributed by atoms with Crippen molar-refractivity contribution in [1.29, 1.82) is 0 Å². The second-order valence-corrected chi connectivity index (χ2v) is 4.31. The zero-order chi connectivity index (χ0) is 12.7. The summed E-state index contributed by atoms with van der Waals surface area (Å²) in [5, 5.41) is 2.86. The lowest BCUT2D eigenvalue weighted by molar-refractivity contribution is -0.135. The minimum absolute atomic E-state index is 0.0708. The Morgan fingerprint density at radius 3 is 2.41 bits per heavy atom. The summed E-state index contributed by atoms with van der Waals surface area (Å²) >= 11 is 0. The Bertz CT molecular complexity index is 237. The number of alkyl halides is 3. The van der Waals surface area contributed by atoms with Crippen molar-refractivity contribution in [2.75, 3.05) is 26.2 Å². The van der Waals surface area contributed by atoms with E-state index in [0.29, 0.717) is 19.5 Å². The molecule has 1 aliphatic heterocycles. The number of rotatable bonds is 6. The van der Waals surface area contributed by atoms with Crippen LogP contribution in [0.15, 0.2) is 0 Å². The molecule has 1 rings (SSSR count). The molecule has 0 bridgehead atoms. The van der Waals surface area contributed by atoms with Gasteiger partial charge < -0.3 is 10.2 Å². The molecule has 0 aromatic rings. The Morgan fingerprint density at radius 1 is 1.18 bits per heavy atom. The molecule has 17 heavy (non-hydrogen) atoms. The molecule has 0 saturated carbocycles. The molecule has 1 heterocycles. The van der Waals surface area contributed by atoms with Crippen LogP contribution < -0.4 is 5.32 Å². The van der Waals surface area contributed by atoms with Crippen LogP contribution in [0.1, 0.15) is 32.1 Å². The molecule has 0 spiro atoms. The van der Waals surface area contributed by atoms with E-state index in [2.05, 4.69) is 5.32 Å². The molecule has 0 aliphatic carbocycles. The largest absolute Gasteiger partial charge is 0.389 e. The Hall–Kier alpha value is -0.780. The first-order chi connectivity index (χ1) is 7.99. The van der Waals surface area contributed by atoms with Crippen molar-refractivity contribution in [2.24, 2.45) is 0 Å². The van der Waals surface area contributed by atoms with Crippen molar-refractivity contribution < 1.29 is 18.0 Å². The van der Waals surface area contributed by atoms with Crippen molar-refractivity contribution in [2.45, 2.75) is 38.3 Å². The van der Waals surface area contributed by atoms with Gasteiger partial charge >= 0.3 is 6.18 Å². The molecule has 1 aliphatic rings. The minimum atomic E-state index is -4.08.